The molecule has 0 spiro atoms. The first kappa shape index (κ1) is 22.7. The Morgan fingerprint density at radius 2 is 1.69 bits per heavy atom. The number of hydrogen-bond donors (Lipinski definition) is 0. The molecule has 2 aromatic heterocycles. The molecule has 0 saturated carbocycles. The summed E-state index contributed by atoms with van der Waals surface area (Å²) in [5.41, 5.74) is 1.37. The van der Waals surface area contributed by atoms with Crippen molar-refractivity contribution >= 4 is 45.3 Å². The number of anilines is 1. The summed E-state index contributed by atoms with van der Waals surface area (Å²) < 4.78 is 8.35. The molecule has 3 aromatic carbocycles. The van der Waals surface area contributed by atoms with Crippen LogP contribution < -0.4 is 16.1 Å². The maximum atomic E-state index is 13.6. The van der Waals surface area contributed by atoms with Gasteiger partial charge in [0.15, 0.2) is 0 Å². The minimum absolute atomic E-state index is 0.0528. The lowest BCUT2D eigenvalue weighted by Crippen LogP contribution is -2.43. The molecule has 7 nitrogen and oxygen atoms in total. The monoisotopic (exact) mass is 487 g/mol. The third kappa shape index (κ3) is 4.26. The Morgan fingerprint density at radius 1 is 0.943 bits per heavy atom. The lowest BCUT2D eigenvalue weighted by atomic mass is 10.1. The van der Waals surface area contributed by atoms with Crippen LogP contribution in [0, 0.1) is 0 Å². The predicted molar refractivity (Wildman–Crippen MR) is 137 cm³/mol. The molecule has 0 unspecified atom stereocenters. The molecule has 8 heteroatoms. The first-order valence-electron chi connectivity index (χ1n) is 11.1. The molecule has 0 bridgehead atoms. The van der Waals surface area contributed by atoms with Crippen LogP contribution in [0.5, 0.6) is 0 Å². The van der Waals surface area contributed by atoms with E-state index in [4.69, 9.17) is 16.0 Å². The number of aromatic nitrogens is 2. The highest BCUT2D eigenvalue weighted by molar-refractivity contribution is 6.30. The standard InChI is InChI=1S/C27H22ClN3O4/c1-29(20-11-7-10-19(28)16-20)23(32)17-31-24-21-12-5-6-13-22(21)35-25(24)26(33)30(27(31)34)15-14-18-8-3-2-4-9-18/h2-13,16H,14-15,17H2,1H3. The number of aryl methyl sites for hydroxylation is 1. The molecular weight excluding hydrogens is 466 g/mol. The molecule has 0 aliphatic carbocycles. The average Bonchev–Trinajstić information content (AvgIpc) is 3.26. The minimum Gasteiger partial charge on any atom is -0.449 e. The molecule has 0 N–H and O–H groups in total. The van der Waals surface area contributed by atoms with Crippen LogP contribution in [0.25, 0.3) is 22.1 Å². The summed E-state index contributed by atoms with van der Waals surface area (Å²) in [4.78, 5) is 41.6. The summed E-state index contributed by atoms with van der Waals surface area (Å²) >= 11 is 6.09. The number of amides is 1. The fourth-order valence-corrected chi connectivity index (χ4v) is 4.38. The Balaban J connectivity index is 1.62. The largest absolute Gasteiger partial charge is 0.449 e. The molecule has 2 heterocycles. The van der Waals surface area contributed by atoms with Gasteiger partial charge in [-0.05, 0) is 42.3 Å². The van der Waals surface area contributed by atoms with Gasteiger partial charge in [-0.3, -0.25) is 18.7 Å². The van der Waals surface area contributed by atoms with Crippen molar-refractivity contribution in [1.82, 2.24) is 9.13 Å². The lowest BCUT2D eigenvalue weighted by Gasteiger charge is -2.19. The van der Waals surface area contributed by atoms with Crippen molar-refractivity contribution in [3.05, 3.63) is 110 Å². The number of furan rings is 1. The second-order valence-electron chi connectivity index (χ2n) is 8.27. The fourth-order valence-electron chi connectivity index (χ4n) is 4.20. The summed E-state index contributed by atoms with van der Waals surface area (Å²) in [7, 11) is 1.62. The number of benzene rings is 3. The first-order chi connectivity index (χ1) is 16.9. The molecule has 0 saturated heterocycles. The number of carbonyl (C=O) groups excluding carboxylic acids is 1. The number of carbonyl (C=O) groups is 1. The molecule has 0 aliphatic rings. The SMILES string of the molecule is CN(C(=O)Cn1c(=O)n(CCc2ccccc2)c(=O)c2oc3ccccc3c21)c1cccc(Cl)c1. The van der Waals surface area contributed by atoms with Crippen molar-refractivity contribution in [2.24, 2.45) is 0 Å². The molecule has 0 fully saturated rings. The highest BCUT2D eigenvalue weighted by atomic mass is 35.5. The van der Waals surface area contributed by atoms with E-state index < -0.39 is 11.2 Å². The van der Waals surface area contributed by atoms with E-state index >= 15 is 0 Å². The highest BCUT2D eigenvalue weighted by Crippen LogP contribution is 2.26. The van der Waals surface area contributed by atoms with Gasteiger partial charge in [0.1, 0.15) is 17.6 Å². The lowest BCUT2D eigenvalue weighted by molar-refractivity contribution is -0.118. The van der Waals surface area contributed by atoms with Crippen molar-refractivity contribution < 1.29 is 9.21 Å². The van der Waals surface area contributed by atoms with Crippen LogP contribution in [0.2, 0.25) is 5.02 Å². The maximum Gasteiger partial charge on any atom is 0.332 e. The van der Waals surface area contributed by atoms with Crippen molar-refractivity contribution in [2.75, 3.05) is 11.9 Å². The number of rotatable bonds is 6. The molecule has 1 amide bonds. The Morgan fingerprint density at radius 3 is 2.46 bits per heavy atom. The Hall–Kier alpha value is -4.10. The normalized spacial score (nSPS) is 11.3. The van der Waals surface area contributed by atoms with Crippen molar-refractivity contribution in [2.45, 2.75) is 19.5 Å². The summed E-state index contributed by atoms with van der Waals surface area (Å²) in [6.07, 6.45) is 0.484. The second kappa shape index (κ2) is 9.27. The van der Waals surface area contributed by atoms with E-state index in [0.717, 1.165) is 10.1 Å². The number of para-hydroxylation sites is 1. The van der Waals surface area contributed by atoms with Gasteiger partial charge >= 0.3 is 5.69 Å². The molecule has 0 atom stereocenters. The average molecular weight is 488 g/mol. The van der Waals surface area contributed by atoms with Crippen molar-refractivity contribution in [3.63, 3.8) is 0 Å². The zero-order chi connectivity index (χ0) is 24.5. The van der Waals surface area contributed by atoms with E-state index in [2.05, 4.69) is 0 Å². The summed E-state index contributed by atoms with van der Waals surface area (Å²) in [6, 6.07) is 23.6. The van der Waals surface area contributed by atoms with E-state index in [1.807, 2.05) is 30.3 Å². The van der Waals surface area contributed by atoms with Crippen LogP contribution in [-0.2, 0) is 24.3 Å². The smallest absolute Gasteiger partial charge is 0.332 e. The van der Waals surface area contributed by atoms with E-state index in [1.165, 1.54) is 9.47 Å². The van der Waals surface area contributed by atoms with Gasteiger partial charge in [-0.2, -0.15) is 0 Å². The third-order valence-electron chi connectivity index (χ3n) is 6.07. The zero-order valence-corrected chi connectivity index (χ0v) is 19.7. The second-order valence-corrected chi connectivity index (χ2v) is 8.71. The summed E-state index contributed by atoms with van der Waals surface area (Å²) in [5, 5.41) is 1.10. The molecule has 5 rings (SSSR count). The molecule has 0 radical (unpaired) electrons. The minimum atomic E-state index is -0.558. The molecule has 5 aromatic rings. The predicted octanol–water partition coefficient (Wildman–Crippen LogP) is 4.47. The van der Waals surface area contributed by atoms with E-state index in [0.29, 0.717) is 33.6 Å². The van der Waals surface area contributed by atoms with E-state index in [-0.39, 0.29) is 24.6 Å². The first-order valence-corrected chi connectivity index (χ1v) is 11.5. The van der Waals surface area contributed by atoms with Crippen LogP contribution in [0.15, 0.2) is 92.9 Å². The van der Waals surface area contributed by atoms with Crippen LogP contribution >= 0.6 is 11.6 Å². The fraction of sp³-hybridized carbons (Fsp3) is 0.148. The van der Waals surface area contributed by atoms with Crippen LogP contribution in [-0.4, -0.2) is 22.1 Å². The highest BCUT2D eigenvalue weighted by Gasteiger charge is 2.22. The van der Waals surface area contributed by atoms with Crippen molar-refractivity contribution in [3.8, 4) is 0 Å². The summed E-state index contributed by atoms with van der Waals surface area (Å²) in [6.45, 7) is -0.111. The number of fused-ring (bicyclic) bond motifs is 3. The molecule has 176 valence electrons. The molecule has 0 aliphatic heterocycles. The summed E-state index contributed by atoms with van der Waals surface area (Å²) in [5.74, 6) is -0.339. The molecular formula is C27H22ClN3O4. The maximum absolute atomic E-state index is 13.6. The third-order valence-corrected chi connectivity index (χ3v) is 6.31. The zero-order valence-electron chi connectivity index (χ0n) is 19.0. The number of hydrogen-bond acceptors (Lipinski definition) is 4. The van der Waals surface area contributed by atoms with Gasteiger partial charge in [0.2, 0.25) is 11.5 Å². The van der Waals surface area contributed by atoms with Crippen LogP contribution in [0.3, 0.4) is 0 Å². The van der Waals surface area contributed by atoms with Gasteiger partial charge in [0, 0.05) is 29.7 Å². The van der Waals surface area contributed by atoms with Gasteiger partial charge < -0.3 is 9.32 Å². The van der Waals surface area contributed by atoms with Gasteiger partial charge in [-0.1, -0.05) is 60.1 Å². The Kier molecular flexibility index (Phi) is 6.01. The van der Waals surface area contributed by atoms with Gasteiger partial charge in [0.25, 0.3) is 5.56 Å². The molecule has 35 heavy (non-hydrogen) atoms. The van der Waals surface area contributed by atoms with Crippen molar-refractivity contribution in [1.29, 1.82) is 0 Å². The number of halogens is 1. The van der Waals surface area contributed by atoms with E-state index in [9.17, 15) is 14.4 Å². The number of likely N-dealkylation sites (N-methyl/N-ethyl adjacent to an activating group) is 1. The van der Waals surface area contributed by atoms with Gasteiger partial charge in [-0.15, -0.1) is 0 Å². The van der Waals surface area contributed by atoms with E-state index in [1.54, 1.807) is 55.6 Å². The van der Waals surface area contributed by atoms with Gasteiger partial charge in [0.05, 0.1) is 0 Å². The topological polar surface area (TPSA) is 77.5 Å². The van der Waals surface area contributed by atoms with Gasteiger partial charge in [-0.25, -0.2) is 4.79 Å². The van der Waals surface area contributed by atoms with Crippen LogP contribution in [0.1, 0.15) is 5.56 Å². The van der Waals surface area contributed by atoms with Crippen LogP contribution in [0.4, 0.5) is 5.69 Å². The Bertz CT molecular complexity index is 1670. The quantitative estimate of drug-likeness (QED) is 0.354. The number of nitrogens with zero attached hydrogens (tertiary/aromatic N) is 3. The Labute approximate surface area is 205 Å².